The van der Waals surface area contributed by atoms with Crippen molar-refractivity contribution in [2.45, 2.75) is 89.8 Å². The quantitative estimate of drug-likeness (QED) is 0.649. The fraction of sp³-hybridized carbons (Fsp3) is 0.720. The Morgan fingerprint density at radius 2 is 1.72 bits per heavy atom. The van der Waals surface area contributed by atoms with Crippen molar-refractivity contribution in [1.82, 2.24) is 9.80 Å². The van der Waals surface area contributed by atoms with Crippen molar-refractivity contribution in [1.29, 1.82) is 0 Å². The van der Waals surface area contributed by atoms with Gasteiger partial charge in [-0.3, -0.25) is 4.79 Å². The Bertz CT molecular complexity index is 607. The minimum absolute atomic E-state index is 0.0849. The Morgan fingerprint density at radius 1 is 1.10 bits per heavy atom. The average Bonchev–Trinajstić information content (AvgIpc) is 3.29. The van der Waals surface area contributed by atoms with Gasteiger partial charge in [-0.15, -0.1) is 0 Å². The zero-order chi connectivity index (χ0) is 20.6. The van der Waals surface area contributed by atoms with E-state index >= 15 is 0 Å². The van der Waals surface area contributed by atoms with Gasteiger partial charge < -0.3 is 14.9 Å². The molecule has 1 aliphatic heterocycles. The highest BCUT2D eigenvalue weighted by Crippen LogP contribution is 2.31. The van der Waals surface area contributed by atoms with Gasteiger partial charge in [0.15, 0.2) is 6.10 Å². The number of piperidine rings is 1. The Morgan fingerprint density at radius 3 is 2.34 bits per heavy atom. The molecular formula is C25H40N2O2. The Hall–Kier alpha value is -1.39. The van der Waals surface area contributed by atoms with E-state index in [0.29, 0.717) is 11.6 Å². The summed E-state index contributed by atoms with van der Waals surface area (Å²) in [5.41, 5.74) is 0.711. The molecule has 3 rings (SSSR count). The molecule has 1 saturated carbocycles. The highest BCUT2D eigenvalue weighted by Gasteiger charge is 2.37. The molecule has 4 heteroatoms. The Balaban J connectivity index is 1.59. The molecule has 0 aromatic heterocycles. The molecule has 1 amide bonds. The second kappa shape index (κ2) is 11.1. The summed E-state index contributed by atoms with van der Waals surface area (Å²) in [5.74, 6) is 0.737. The standard InChI is InChI=1S/C25H40N2O2/c1-3-20(2)10-9-17-26-18-15-23(16-19-26)27(22-13-7-8-14-22)25(29)24(28)21-11-5-4-6-12-21/h4-6,11-12,20,22-24,28H,3,7-10,13-19H2,1-2H3/t20-,24?/m0/s1. The largest absolute Gasteiger partial charge is 0.378 e. The molecule has 0 radical (unpaired) electrons. The van der Waals surface area contributed by atoms with Crippen LogP contribution in [0.1, 0.15) is 83.3 Å². The molecule has 2 fully saturated rings. The monoisotopic (exact) mass is 400 g/mol. The van der Waals surface area contributed by atoms with Crippen LogP contribution in [0.5, 0.6) is 0 Å². The van der Waals surface area contributed by atoms with Crippen LogP contribution in [-0.2, 0) is 4.79 Å². The number of benzene rings is 1. The highest BCUT2D eigenvalue weighted by atomic mass is 16.3. The van der Waals surface area contributed by atoms with E-state index in [1.165, 1.54) is 38.6 Å². The molecule has 2 aliphatic rings. The zero-order valence-corrected chi connectivity index (χ0v) is 18.4. The summed E-state index contributed by atoms with van der Waals surface area (Å²) in [6, 6.07) is 10.0. The molecule has 1 aromatic rings. The average molecular weight is 401 g/mol. The molecule has 1 unspecified atom stereocenters. The lowest BCUT2D eigenvalue weighted by molar-refractivity contribution is -0.147. The summed E-state index contributed by atoms with van der Waals surface area (Å²) >= 11 is 0. The van der Waals surface area contributed by atoms with Gasteiger partial charge in [0.25, 0.3) is 5.91 Å². The maximum Gasteiger partial charge on any atom is 0.256 e. The molecule has 1 saturated heterocycles. The number of aliphatic hydroxyl groups excluding tert-OH is 1. The van der Waals surface area contributed by atoms with Crippen LogP contribution < -0.4 is 0 Å². The number of amides is 1. The van der Waals surface area contributed by atoms with Crippen LogP contribution >= 0.6 is 0 Å². The predicted molar refractivity (Wildman–Crippen MR) is 119 cm³/mol. The number of likely N-dealkylation sites (tertiary alicyclic amines) is 1. The van der Waals surface area contributed by atoms with Crippen molar-refractivity contribution >= 4 is 5.91 Å². The zero-order valence-electron chi connectivity index (χ0n) is 18.4. The van der Waals surface area contributed by atoms with Gasteiger partial charge in [0, 0.05) is 25.2 Å². The van der Waals surface area contributed by atoms with E-state index in [2.05, 4.69) is 23.6 Å². The minimum Gasteiger partial charge on any atom is -0.378 e. The molecule has 1 heterocycles. The molecule has 1 aromatic carbocycles. The molecule has 29 heavy (non-hydrogen) atoms. The summed E-state index contributed by atoms with van der Waals surface area (Å²) in [6.07, 6.45) is 9.46. The number of hydrogen-bond donors (Lipinski definition) is 1. The van der Waals surface area contributed by atoms with Crippen LogP contribution in [0.15, 0.2) is 30.3 Å². The summed E-state index contributed by atoms with van der Waals surface area (Å²) < 4.78 is 0. The van der Waals surface area contributed by atoms with Crippen molar-refractivity contribution in [2.24, 2.45) is 5.92 Å². The second-order valence-electron chi connectivity index (χ2n) is 9.23. The van der Waals surface area contributed by atoms with Gasteiger partial charge in [-0.1, -0.05) is 63.4 Å². The SMILES string of the molecule is CC[C@H](C)CCCN1CCC(N(C(=O)C(O)c2ccccc2)C2CCCC2)CC1. The van der Waals surface area contributed by atoms with Crippen molar-refractivity contribution in [3.8, 4) is 0 Å². The van der Waals surface area contributed by atoms with Crippen LogP contribution in [0.25, 0.3) is 0 Å². The van der Waals surface area contributed by atoms with E-state index in [0.717, 1.165) is 44.7 Å². The van der Waals surface area contributed by atoms with Gasteiger partial charge in [0.1, 0.15) is 0 Å². The van der Waals surface area contributed by atoms with Gasteiger partial charge in [-0.2, -0.15) is 0 Å². The van der Waals surface area contributed by atoms with Gasteiger partial charge >= 0.3 is 0 Å². The summed E-state index contributed by atoms with van der Waals surface area (Å²) in [5, 5.41) is 10.8. The van der Waals surface area contributed by atoms with E-state index < -0.39 is 6.10 Å². The fourth-order valence-corrected chi connectivity index (χ4v) is 5.05. The summed E-state index contributed by atoms with van der Waals surface area (Å²) in [4.78, 5) is 18.0. The highest BCUT2D eigenvalue weighted by molar-refractivity contribution is 5.82. The molecular weight excluding hydrogens is 360 g/mol. The van der Waals surface area contributed by atoms with Crippen molar-refractivity contribution in [3.05, 3.63) is 35.9 Å². The van der Waals surface area contributed by atoms with E-state index in [4.69, 9.17) is 0 Å². The number of rotatable bonds is 9. The van der Waals surface area contributed by atoms with Crippen LogP contribution in [0.3, 0.4) is 0 Å². The number of nitrogens with zero attached hydrogens (tertiary/aromatic N) is 2. The van der Waals surface area contributed by atoms with Crippen LogP contribution in [0.2, 0.25) is 0 Å². The van der Waals surface area contributed by atoms with Gasteiger partial charge in [-0.25, -0.2) is 0 Å². The molecule has 1 aliphatic carbocycles. The normalized spacial score (nSPS) is 21.2. The van der Waals surface area contributed by atoms with E-state index in [-0.39, 0.29) is 11.9 Å². The lowest BCUT2D eigenvalue weighted by atomic mass is 9.97. The van der Waals surface area contributed by atoms with Crippen molar-refractivity contribution in [2.75, 3.05) is 19.6 Å². The molecule has 1 N–H and O–H groups in total. The number of carbonyl (C=O) groups is 1. The first kappa shape index (κ1) is 22.3. The van der Waals surface area contributed by atoms with Crippen molar-refractivity contribution in [3.63, 3.8) is 0 Å². The van der Waals surface area contributed by atoms with Crippen molar-refractivity contribution < 1.29 is 9.90 Å². The second-order valence-corrected chi connectivity index (χ2v) is 9.23. The van der Waals surface area contributed by atoms with Gasteiger partial charge in [0.2, 0.25) is 0 Å². The minimum atomic E-state index is -1.04. The third-order valence-electron chi connectivity index (χ3n) is 7.14. The van der Waals surface area contributed by atoms with Crippen LogP contribution in [0.4, 0.5) is 0 Å². The van der Waals surface area contributed by atoms with Crippen LogP contribution in [0, 0.1) is 5.92 Å². The Kier molecular flexibility index (Phi) is 8.55. The van der Waals surface area contributed by atoms with Gasteiger partial charge in [-0.05, 0) is 56.6 Å². The number of hydrogen-bond acceptors (Lipinski definition) is 3. The first-order chi connectivity index (χ1) is 14.1. The topological polar surface area (TPSA) is 43.8 Å². The molecule has 2 atom stereocenters. The number of aliphatic hydroxyl groups is 1. The van der Waals surface area contributed by atoms with E-state index in [1.807, 2.05) is 30.3 Å². The third-order valence-corrected chi connectivity index (χ3v) is 7.14. The molecule has 0 bridgehead atoms. The Labute approximate surface area is 177 Å². The summed E-state index contributed by atoms with van der Waals surface area (Å²) in [7, 11) is 0. The molecule has 0 spiro atoms. The first-order valence-electron chi connectivity index (χ1n) is 11.9. The van der Waals surface area contributed by atoms with E-state index in [1.54, 1.807) is 0 Å². The fourth-order valence-electron chi connectivity index (χ4n) is 5.05. The lowest BCUT2D eigenvalue weighted by Gasteiger charge is -2.42. The smallest absolute Gasteiger partial charge is 0.256 e. The summed E-state index contributed by atoms with van der Waals surface area (Å²) in [6.45, 7) is 7.94. The maximum absolute atomic E-state index is 13.4. The lowest BCUT2D eigenvalue weighted by Crippen LogP contribution is -2.52. The first-order valence-corrected chi connectivity index (χ1v) is 11.9. The molecule has 4 nitrogen and oxygen atoms in total. The molecule has 162 valence electrons. The van der Waals surface area contributed by atoms with Gasteiger partial charge in [0.05, 0.1) is 0 Å². The maximum atomic E-state index is 13.4. The number of carbonyl (C=O) groups excluding carboxylic acids is 1. The van der Waals surface area contributed by atoms with E-state index in [9.17, 15) is 9.90 Å². The van der Waals surface area contributed by atoms with Crippen LogP contribution in [-0.4, -0.2) is 52.5 Å². The predicted octanol–water partition coefficient (Wildman–Crippen LogP) is 4.78. The third kappa shape index (κ3) is 6.05.